The summed E-state index contributed by atoms with van der Waals surface area (Å²) in [6, 6.07) is 48.5. The smallest absolute Gasteiger partial charge is 0.0571 e. The Morgan fingerprint density at radius 3 is 1.90 bits per heavy atom. The van der Waals surface area contributed by atoms with E-state index in [4.69, 9.17) is 0 Å². The molecular formula is C39H24N2. The number of para-hydroxylation sites is 1. The van der Waals surface area contributed by atoms with Crippen LogP contribution in [0.4, 0.5) is 0 Å². The normalized spacial score (nSPS) is 11.9. The molecule has 0 spiro atoms. The standard InChI is InChI=1S/C39H24N2/c1-2-7-28(8-3-1)41-37-20-17-27(23-35(37)36-24-40-22-21-38(36)41)25-13-15-26(16-14-25)29-18-19-34-31-10-5-4-9-30(31)33-12-6-11-32(29)39(33)34/h1-24H. The van der Waals surface area contributed by atoms with Gasteiger partial charge >= 0.3 is 0 Å². The Kier molecular flexibility index (Phi) is 4.64. The van der Waals surface area contributed by atoms with Crippen LogP contribution in [0.2, 0.25) is 0 Å². The fourth-order valence-electron chi connectivity index (χ4n) is 6.80. The first kappa shape index (κ1) is 22.4. The third-order valence-corrected chi connectivity index (χ3v) is 8.66. The number of rotatable bonds is 3. The molecule has 190 valence electrons. The summed E-state index contributed by atoms with van der Waals surface area (Å²) in [6.45, 7) is 0. The summed E-state index contributed by atoms with van der Waals surface area (Å²) in [6.07, 6.45) is 3.86. The molecule has 2 heterocycles. The van der Waals surface area contributed by atoms with Gasteiger partial charge in [-0.1, -0.05) is 103 Å². The van der Waals surface area contributed by atoms with Crippen molar-refractivity contribution in [3.8, 4) is 50.2 Å². The molecule has 0 fully saturated rings. The maximum absolute atomic E-state index is 4.46. The maximum atomic E-state index is 4.46. The first-order valence-electron chi connectivity index (χ1n) is 14.1. The van der Waals surface area contributed by atoms with Crippen molar-refractivity contribution in [1.82, 2.24) is 9.55 Å². The van der Waals surface area contributed by atoms with Crippen molar-refractivity contribution in [2.75, 3.05) is 0 Å². The van der Waals surface area contributed by atoms with Gasteiger partial charge in [-0.05, 0) is 85.6 Å². The second-order valence-electron chi connectivity index (χ2n) is 10.8. The molecule has 1 aliphatic carbocycles. The number of fused-ring (bicyclic) bond motifs is 6. The Balaban J connectivity index is 1.15. The fraction of sp³-hybridized carbons (Fsp3) is 0. The molecule has 0 atom stereocenters. The molecule has 8 aromatic rings. The molecule has 0 saturated heterocycles. The molecule has 1 aliphatic rings. The molecule has 0 N–H and O–H groups in total. The van der Waals surface area contributed by atoms with Crippen molar-refractivity contribution in [3.05, 3.63) is 146 Å². The zero-order valence-corrected chi connectivity index (χ0v) is 22.3. The first-order valence-corrected chi connectivity index (χ1v) is 14.1. The van der Waals surface area contributed by atoms with E-state index >= 15 is 0 Å². The Morgan fingerprint density at radius 2 is 1.07 bits per heavy atom. The molecule has 2 aromatic heterocycles. The first-order chi connectivity index (χ1) is 20.3. The average Bonchev–Trinajstić information content (AvgIpc) is 3.56. The second kappa shape index (κ2) is 8.51. The lowest BCUT2D eigenvalue weighted by atomic mass is 9.93. The highest BCUT2D eigenvalue weighted by Gasteiger charge is 2.22. The van der Waals surface area contributed by atoms with E-state index in [2.05, 4.69) is 143 Å². The Hall–Kier alpha value is -5.47. The van der Waals surface area contributed by atoms with Crippen LogP contribution < -0.4 is 0 Å². The van der Waals surface area contributed by atoms with E-state index in [0.29, 0.717) is 0 Å². The van der Waals surface area contributed by atoms with Crippen molar-refractivity contribution >= 4 is 32.6 Å². The lowest BCUT2D eigenvalue weighted by molar-refractivity contribution is 1.17. The average molecular weight is 521 g/mol. The van der Waals surface area contributed by atoms with Crippen molar-refractivity contribution in [1.29, 1.82) is 0 Å². The lowest BCUT2D eigenvalue weighted by Crippen LogP contribution is -1.93. The maximum Gasteiger partial charge on any atom is 0.0571 e. The molecule has 2 nitrogen and oxygen atoms in total. The molecule has 41 heavy (non-hydrogen) atoms. The highest BCUT2D eigenvalue weighted by molar-refractivity contribution is 6.18. The number of hydrogen-bond donors (Lipinski definition) is 0. The van der Waals surface area contributed by atoms with Gasteiger partial charge in [0.2, 0.25) is 0 Å². The van der Waals surface area contributed by atoms with Crippen LogP contribution in [0.5, 0.6) is 0 Å². The van der Waals surface area contributed by atoms with E-state index in [0.717, 1.165) is 5.69 Å². The summed E-state index contributed by atoms with van der Waals surface area (Å²) in [7, 11) is 0. The Morgan fingerprint density at radius 1 is 0.415 bits per heavy atom. The minimum Gasteiger partial charge on any atom is -0.309 e. The minimum absolute atomic E-state index is 1.16. The van der Waals surface area contributed by atoms with E-state index in [1.807, 2.05) is 12.4 Å². The SMILES string of the molecule is c1ccc(-n2c3ccncc3c3cc(-c4ccc(-c5ccc6c7c(cccc57)-c5ccccc5-6)cc4)ccc32)cc1. The van der Waals surface area contributed by atoms with Crippen LogP contribution in [0.25, 0.3) is 82.8 Å². The van der Waals surface area contributed by atoms with Gasteiger partial charge < -0.3 is 4.57 Å². The number of benzene rings is 6. The zero-order valence-electron chi connectivity index (χ0n) is 22.3. The third kappa shape index (κ3) is 3.22. The quantitative estimate of drug-likeness (QED) is 0.227. The Bertz CT molecular complexity index is 2260. The third-order valence-electron chi connectivity index (χ3n) is 8.66. The topological polar surface area (TPSA) is 17.8 Å². The molecule has 0 unspecified atom stereocenters. The van der Waals surface area contributed by atoms with E-state index < -0.39 is 0 Å². The predicted octanol–water partition coefficient (Wildman–Crippen LogP) is 10.3. The lowest BCUT2D eigenvalue weighted by Gasteiger charge is -2.11. The number of hydrogen-bond acceptors (Lipinski definition) is 1. The molecule has 0 aliphatic heterocycles. The van der Waals surface area contributed by atoms with Crippen molar-refractivity contribution in [3.63, 3.8) is 0 Å². The summed E-state index contributed by atoms with van der Waals surface area (Å²) >= 11 is 0. The molecule has 2 heteroatoms. The van der Waals surface area contributed by atoms with E-state index in [9.17, 15) is 0 Å². The van der Waals surface area contributed by atoms with Crippen LogP contribution in [0, 0.1) is 0 Å². The van der Waals surface area contributed by atoms with Gasteiger partial charge in [-0.2, -0.15) is 0 Å². The van der Waals surface area contributed by atoms with Gasteiger partial charge in [0.25, 0.3) is 0 Å². The largest absolute Gasteiger partial charge is 0.309 e. The van der Waals surface area contributed by atoms with Gasteiger partial charge in [0.05, 0.1) is 11.0 Å². The molecular weight excluding hydrogens is 496 g/mol. The Labute approximate surface area is 237 Å². The van der Waals surface area contributed by atoms with Gasteiger partial charge in [0.15, 0.2) is 0 Å². The summed E-state index contributed by atoms with van der Waals surface area (Å²) in [5.41, 5.74) is 13.8. The minimum atomic E-state index is 1.16. The van der Waals surface area contributed by atoms with Crippen molar-refractivity contribution in [2.24, 2.45) is 0 Å². The molecule has 6 aromatic carbocycles. The highest BCUT2D eigenvalue weighted by atomic mass is 15.0. The van der Waals surface area contributed by atoms with E-state index in [1.165, 1.54) is 77.1 Å². The molecule has 0 radical (unpaired) electrons. The van der Waals surface area contributed by atoms with Crippen LogP contribution in [0.15, 0.2) is 146 Å². The molecule has 0 bridgehead atoms. The van der Waals surface area contributed by atoms with Crippen LogP contribution in [0.1, 0.15) is 0 Å². The monoisotopic (exact) mass is 520 g/mol. The van der Waals surface area contributed by atoms with E-state index in [-0.39, 0.29) is 0 Å². The summed E-state index contributed by atoms with van der Waals surface area (Å²) in [4.78, 5) is 4.46. The highest BCUT2D eigenvalue weighted by Crippen LogP contribution is 2.49. The van der Waals surface area contributed by atoms with Crippen LogP contribution >= 0.6 is 0 Å². The predicted molar refractivity (Wildman–Crippen MR) is 171 cm³/mol. The fourth-order valence-corrected chi connectivity index (χ4v) is 6.80. The summed E-state index contributed by atoms with van der Waals surface area (Å²) < 4.78 is 2.33. The van der Waals surface area contributed by atoms with Crippen LogP contribution in [-0.4, -0.2) is 9.55 Å². The van der Waals surface area contributed by atoms with Crippen molar-refractivity contribution < 1.29 is 0 Å². The van der Waals surface area contributed by atoms with Crippen molar-refractivity contribution in [2.45, 2.75) is 0 Å². The van der Waals surface area contributed by atoms with Crippen LogP contribution in [-0.2, 0) is 0 Å². The number of pyridine rings is 1. The van der Waals surface area contributed by atoms with Gasteiger partial charge in [-0.25, -0.2) is 0 Å². The van der Waals surface area contributed by atoms with Gasteiger partial charge in [-0.3, -0.25) is 4.98 Å². The van der Waals surface area contributed by atoms with Gasteiger partial charge in [0.1, 0.15) is 0 Å². The summed E-state index contributed by atoms with van der Waals surface area (Å²) in [5.74, 6) is 0. The van der Waals surface area contributed by atoms with Crippen LogP contribution in [0.3, 0.4) is 0 Å². The van der Waals surface area contributed by atoms with Gasteiger partial charge in [-0.15, -0.1) is 0 Å². The zero-order chi connectivity index (χ0) is 26.9. The number of nitrogens with zero attached hydrogens (tertiary/aromatic N) is 2. The summed E-state index contributed by atoms with van der Waals surface area (Å²) in [5, 5.41) is 5.06. The number of aromatic nitrogens is 2. The van der Waals surface area contributed by atoms with Gasteiger partial charge in [0, 0.05) is 28.9 Å². The molecule has 0 amide bonds. The molecule has 0 saturated carbocycles. The van der Waals surface area contributed by atoms with E-state index in [1.54, 1.807) is 0 Å². The molecule has 9 rings (SSSR count). The second-order valence-corrected chi connectivity index (χ2v) is 10.8.